The first-order valence-corrected chi connectivity index (χ1v) is 8.05. The number of carbonyl (C=O) groups excluding carboxylic acids is 1. The Morgan fingerprint density at radius 2 is 1.96 bits per heavy atom. The fourth-order valence-corrected chi connectivity index (χ4v) is 2.81. The zero-order valence-corrected chi connectivity index (χ0v) is 13.7. The van der Waals surface area contributed by atoms with Crippen LogP contribution in [0.25, 0.3) is 11.5 Å². The standard InChI is InChI=1S/C17H13BrN2O3/c18-11-3-5-12(6-4-11)19-16(21)17(7-8-17)15-10-14(23-20-15)13-2-1-9-22-13/h1-6,9-10H,7-8H2,(H,19,21). The number of aromatic nitrogens is 1. The number of benzene rings is 1. The summed E-state index contributed by atoms with van der Waals surface area (Å²) in [6, 6.07) is 12.9. The van der Waals surface area contributed by atoms with Crippen LogP contribution < -0.4 is 5.32 Å². The van der Waals surface area contributed by atoms with E-state index in [2.05, 4.69) is 26.4 Å². The van der Waals surface area contributed by atoms with Crippen LogP contribution in [0, 0.1) is 0 Å². The van der Waals surface area contributed by atoms with E-state index >= 15 is 0 Å². The highest BCUT2D eigenvalue weighted by molar-refractivity contribution is 9.10. The molecule has 1 amide bonds. The molecule has 116 valence electrons. The Balaban J connectivity index is 1.56. The molecule has 1 aromatic carbocycles. The predicted octanol–water partition coefficient (Wildman–Crippen LogP) is 4.37. The molecule has 4 rings (SSSR count). The summed E-state index contributed by atoms with van der Waals surface area (Å²) in [6.45, 7) is 0. The lowest BCUT2D eigenvalue weighted by molar-refractivity contribution is -0.118. The summed E-state index contributed by atoms with van der Waals surface area (Å²) in [5.41, 5.74) is 0.819. The number of amides is 1. The van der Waals surface area contributed by atoms with Crippen molar-refractivity contribution in [3.05, 3.63) is 58.9 Å². The summed E-state index contributed by atoms with van der Waals surface area (Å²) in [4.78, 5) is 12.6. The van der Waals surface area contributed by atoms with Crippen LogP contribution in [0.15, 0.2) is 62.1 Å². The van der Waals surface area contributed by atoms with Gasteiger partial charge >= 0.3 is 0 Å². The number of rotatable bonds is 4. The van der Waals surface area contributed by atoms with E-state index in [-0.39, 0.29) is 5.91 Å². The van der Waals surface area contributed by atoms with Gasteiger partial charge in [-0.05, 0) is 49.2 Å². The number of carbonyl (C=O) groups is 1. The van der Waals surface area contributed by atoms with Gasteiger partial charge in [0.05, 0.1) is 17.4 Å². The first kappa shape index (κ1) is 14.3. The zero-order chi connectivity index (χ0) is 15.9. The van der Waals surface area contributed by atoms with Crippen LogP contribution in [-0.2, 0) is 10.2 Å². The average molecular weight is 373 g/mol. The van der Waals surface area contributed by atoms with Crippen LogP contribution in [-0.4, -0.2) is 11.1 Å². The number of hydrogen-bond acceptors (Lipinski definition) is 4. The van der Waals surface area contributed by atoms with Crippen molar-refractivity contribution in [2.24, 2.45) is 0 Å². The minimum absolute atomic E-state index is 0.0564. The van der Waals surface area contributed by atoms with E-state index in [0.717, 1.165) is 23.0 Å². The van der Waals surface area contributed by atoms with Crippen molar-refractivity contribution in [3.8, 4) is 11.5 Å². The summed E-state index contributed by atoms with van der Waals surface area (Å²) >= 11 is 3.38. The van der Waals surface area contributed by atoms with Crippen molar-refractivity contribution in [2.75, 3.05) is 5.32 Å². The summed E-state index contributed by atoms with van der Waals surface area (Å²) in [6.07, 6.45) is 3.10. The lowest BCUT2D eigenvalue weighted by Crippen LogP contribution is -2.28. The molecule has 0 aliphatic heterocycles. The summed E-state index contributed by atoms with van der Waals surface area (Å²) in [7, 11) is 0. The molecule has 2 heterocycles. The first-order valence-electron chi connectivity index (χ1n) is 7.25. The maximum atomic E-state index is 12.6. The lowest BCUT2D eigenvalue weighted by Gasteiger charge is -2.12. The molecule has 0 saturated heterocycles. The molecular formula is C17H13BrN2O3. The van der Waals surface area contributed by atoms with Gasteiger partial charge in [-0.3, -0.25) is 4.79 Å². The number of halogens is 1. The number of nitrogens with zero attached hydrogens (tertiary/aromatic N) is 1. The molecule has 1 N–H and O–H groups in total. The van der Waals surface area contributed by atoms with Crippen molar-refractivity contribution >= 4 is 27.5 Å². The number of anilines is 1. The molecule has 1 aliphatic rings. The second kappa shape index (κ2) is 5.38. The molecule has 23 heavy (non-hydrogen) atoms. The van der Waals surface area contributed by atoms with Crippen LogP contribution in [0.2, 0.25) is 0 Å². The van der Waals surface area contributed by atoms with Gasteiger partial charge in [-0.2, -0.15) is 0 Å². The van der Waals surface area contributed by atoms with Crippen molar-refractivity contribution in [3.63, 3.8) is 0 Å². The van der Waals surface area contributed by atoms with Gasteiger partial charge in [-0.25, -0.2) is 0 Å². The third kappa shape index (κ3) is 2.59. The third-order valence-electron chi connectivity index (χ3n) is 4.05. The van der Waals surface area contributed by atoms with Gasteiger partial charge in [-0.1, -0.05) is 21.1 Å². The Morgan fingerprint density at radius 3 is 2.61 bits per heavy atom. The maximum Gasteiger partial charge on any atom is 0.236 e. The Morgan fingerprint density at radius 1 is 1.17 bits per heavy atom. The molecule has 3 aromatic rings. The first-order chi connectivity index (χ1) is 11.2. The molecule has 6 heteroatoms. The molecule has 1 saturated carbocycles. The highest BCUT2D eigenvalue weighted by atomic mass is 79.9. The van der Waals surface area contributed by atoms with E-state index in [9.17, 15) is 4.79 Å². The smallest absolute Gasteiger partial charge is 0.236 e. The fraction of sp³-hybridized carbons (Fsp3) is 0.176. The van der Waals surface area contributed by atoms with Gasteiger partial charge in [0.25, 0.3) is 0 Å². The average Bonchev–Trinajstić information content (AvgIpc) is 2.99. The third-order valence-corrected chi connectivity index (χ3v) is 4.58. The van der Waals surface area contributed by atoms with Crippen LogP contribution in [0.4, 0.5) is 5.69 Å². The van der Waals surface area contributed by atoms with Gasteiger partial charge in [0.15, 0.2) is 5.76 Å². The second-order valence-corrected chi connectivity index (χ2v) is 6.51. The quantitative estimate of drug-likeness (QED) is 0.738. The van der Waals surface area contributed by atoms with Crippen molar-refractivity contribution in [1.82, 2.24) is 5.16 Å². The predicted molar refractivity (Wildman–Crippen MR) is 87.9 cm³/mol. The molecule has 0 spiro atoms. The fourth-order valence-electron chi connectivity index (χ4n) is 2.54. The molecule has 1 aliphatic carbocycles. The van der Waals surface area contributed by atoms with Gasteiger partial charge in [0.1, 0.15) is 0 Å². The van der Waals surface area contributed by atoms with E-state index < -0.39 is 5.41 Å². The molecule has 1 fully saturated rings. The van der Waals surface area contributed by atoms with E-state index in [1.807, 2.05) is 24.3 Å². The number of hydrogen-bond donors (Lipinski definition) is 1. The SMILES string of the molecule is O=C(Nc1ccc(Br)cc1)C1(c2cc(-c3ccco3)on2)CC1. The van der Waals surface area contributed by atoms with Crippen molar-refractivity contribution < 1.29 is 13.7 Å². The second-order valence-electron chi connectivity index (χ2n) is 5.60. The summed E-state index contributed by atoms with van der Waals surface area (Å²) in [5.74, 6) is 1.08. The normalized spacial score (nSPS) is 15.3. The van der Waals surface area contributed by atoms with Gasteiger partial charge in [-0.15, -0.1) is 0 Å². The van der Waals surface area contributed by atoms with Crippen LogP contribution >= 0.6 is 15.9 Å². The summed E-state index contributed by atoms with van der Waals surface area (Å²) in [5, 5.41) is 7.03. The Hall–Kier alpha value is -2.34. The highest BCUT2D eigenvalue weighted by Gasteiger charge is 2.53. The van der Waals surface area contributed by atoms with Gasteiger partial charge in [0.2, 0.25) is 11.7 Å². The van der Waals surface area contributed by atoms with E-state index in [1.54, 1.807) is 24.5 Å². The highest BCUT2D eigenvalue weighted by Crippen LogP contribution is 2.49. The van der Waals surface area contributed by atoms with Gasteiger partial charge < -0.3 is 14.3 Å². The number of nitrogens with one attached hydrogen (secondary N) is 1. The molecule has 0 bridgehead atoms. The molecule has 2 aromatic heterocycles. The Bertz CT molecular complexity index is 833. The Kier molecular flexibility index (Phi) is 3.34. The molecule has 0 radical (unpaired) electrons. The summed E-state index contributed by atoms with van der Waals surface area (Å²) < 4.78 is 11.6. The molecule has 0 unspecified atom stereocenters. The van der Waals surface area contributed by atoms with E-state index in [4.69, 9.17) is 8.94 Å². The van der Waals surface area contributed by atoms with Crippen LogP contribution in [0.5, 0.6) is 0 Å². The monoisotopic (exact) mass is 372 g/mol. The lowest BCUT2D eigenvalue weighted by atomic mass is 10.0. The van der Waals surface area contributed by atoms with E-state index in [0.29, 0.717) is 17.2 Å². The molecule has 0 atom stereocenters. The minimum atomic E-state index is -0.596. The van der Waals surface area contributed by atoms with Crippen molar-refractivity contribution in [1.29, 1.82) is 0 Å². The topological polar surface area (TPSA) is 68.3 Å². The Labute approximate surface area is 140 Å². The number of furan rings is 1. The zero-order valence-electron chi connectivity index (χ0n) is 12.1. The van der Waals surface area contributed by atoms with E-state index in [1.165, 1.54) is 0 Å². The molecular weight excluding hydrogens is 360 g/mol. The minimum Gasteiger partial charge on any atom is -0.461 e. The van der Waals surface area contributed by atoms with Crippen LogP contribution in [0.3, 0.4) is 0 Å². The van der Waals surface area contributed by atoms with Gasteiger partial charge in [0, 0.05) is 16.2 Å². The van der Waals surface area contributed by atoms with Crippen molar-refractivity contribution in [2.45, 2.75) is 18.3 Å². The maximum absolute atomic E-state index is 12.6. The van der Waals surface area contributed by atoms with Crippen LogP contribution in [0.1, 0.15) is 18.5 Å². The largest absolute Gasteiger partial charge is 0.461 e. The molecule has 5 nitrogen and oxygen atoms in total.